The first-order valence-electron chi connectivity index (χ1n) is 9.29. The van der Waals surface area contributed by atoms with Crippen LogP contribution in [0.15, 0.2) is 42.5 Å². The molecular weight excluding hydrogens is 386 g/mol. The van der Waals surface area contributed by atoms with Gasteiger partial charge in [-0.05, 0) is 43.8 Å². The molecule has 0 bridgehead atoms. The molecule has 2 heterocycles. The van der Waals surface area contributed by atoms with Gasteiger partial charge in [-0.25, -0.2) is 17.4 Å². The first-order valence-corrected chi connectivity index (χ1v) is 10.7. The monoisotopic (exact) mass is 408 g/mol. The minimum atomic E-state index is -4.15. The van der Waals surface area contributed by atoms with E-state index in [-0.39, 0.29) is 12.2 Å². The zero-order valence-corrected chi connectivity index (χ0v) is 16.1. The summed E-state index contributed by atoms with van der Waals surface area (Å²) in [6.07, 6.45) is 0.996. The molecule has 2 aromatic carbocycles. The van der Waals surface area contributed by atoms with Crippen molar-refractivity contribution in [3.8, 4) is 0 Å². The summed E-state index contributed by atoms with van der Waals surface area (Å²) in [5.41, 5.74) is 0.110. The van der Waals surface area contributed by atoms with Crippen molar-refractivity contribution in [3.63, 3.8) is 0 Å². The van der Waals surface area contributed by atoms with Gasteiger partial charge in [0.25, 0.3) is 0 Å². The van der Waals surface area contributed by atoms with Gasteiger partial charge in [0.2, 0.25) is 0 Å². The van der Waals surface area contributed by atoms with Crippen molar-refractivity contribution in [1.29, 1.82) is 0 Å². The maximum Gasteiger partial charge on any atom is 0.331 e. The first kappa shape index (κ1) is 19.1. The highest BCUT2D eigenvalue weighted by Crippen LogP contribution is 2.46. The van der Waals surface area contributed by atoms with Crippen LogP contribution in [0.1, 0.15) is 6.42 Å². The summed E-state index contributed by atoms with van der Waals surface area (Å²) in [4.78, 5) is 2.20. The Labute approximate surface area is 163 Å². The molecule has 1 saturated heterocycles. The molecule has 0 unspecified atom stereocenters. The van der Waals surface area contributed by atoms with Gasteiger partial charge < -0.3 is 10.2 Å². The zero-order valence-electron chi connectivity index (χ0n) is 15.3. The summed E-state index contributed by atoms with van der Waals surface area (Å²) in [6.45, 7) is 4.28. The van der Waals surface area contributed by atoms with E-state index in [1.807, 2.05) is 0 Å². The van der Waals surface area contributed by atoms with Crippen LogP contribution in [0.2, 0.25) is 0 Å². The zero-order chi connectivity index (χ0) is 19.7. The van der Waals surface area contributed by atoms with Crippen LogP contribution in [-0.4, -0.2) is 52.6 Å². The van der Waals surface area contributed by atoms with E-state index in [2.05, 4.69) is 10.2 Å². The average Bonchev–Trinajstić information content (AvgIpc) is 2.84. The van der Waals surface area contributed by atoms with Gasteiger partial charge in [-0.2, -0.15) is 8.42 Å². The van der Waals surface area contributed by atoms with Crippen LogP contribution in [0.4, 0.5) is 25.8 Å². The second-order valence-corrected chi connectivity index (χ2v) is 8.55. The second-order valence-electron chi connectivity index (χ2n) is 6.85. The number of hydrogen-bond acceptors (Lipinski definition) is 4. The largest absolute Gasteiger partial charge is 0.331 e. The number of rotatable bonds is 4. The fourth-order valence-electron chi connectivity index (χ4n) is 3.71. The molecule has 4 rings (SSSR count). The molecule has 0 radical (unpaired) electrons. The fraction of sp³-hybridized carbons (Fsp3) is 0.368. The van der Waals surface area contributed by atoms with E-state index in [0.717, 1.165) is 49.0 Å². The Hall–Kier alpha value is -2.23. The predicted molar refractivity (Wildman–Crippen MR) is 105 cm³/mol. The van der Waals surface area contributed by atoms with Gasteiger partial charge in [-0.15, -0.1) is 0 Å². The molecule has 28 heavy (non-hydrogen) atoms. The minimum Gasteiger partial charge on any atom is -0.315 e. The molecule has 0 amide bonds. The summed E-state index contributed by atoms with van der Waals surface area (Å²) in [7, 11) is -4.15. The average molecular weight is 408 g/mol. The van der Waals surface area contributed by atoms with Gasteiger partial charge >= 0.3 is 10.2 Å². The van der Waals surface area contributed by atoms with Crippen LogP contribution < -0.4 is 13.9 Å². The normalized spacial score (nSPS) is 19.5. The van der Waals surface area contributed by atoms with Gasteiger partial charge in [0, 0.05) is 26.2 Å². The van der Waals surface area contributed by atoms with Crippen LogP contribution in [-0.2, 0) is 10.2 Å². The van der Waals surface area contributed by atoms with E-state index >= 15 is 0 Å². The Morgan fingerprint density at radius 2 is 1.61 bits per heavy atom. The Morgan fingerprint density at radius 1 is 0.893 bits per heavy atom. The third-order valence-electron chi connectivity index (χ3n) is 5.07. The number of benzene rings is 2. The summed E-state index contributed by atoms with van der Waals surface area (Å²) in [5, 5.41) is 3.31. The molecule has 0 atom stereocenters. The molecule has 150 valence electrons. The smallest absolute Gasteiger partial charge is 0.315 e. The lowest BCUT2D eigenvalue weighted by Gasteiger charge is -2.25. The standard InChI is InChI=1S/C19H22F2N4O2S/c20-15-5-3-6-16(21)19(15)25-18-8-2-1-7-17(18)24(28(25,26)27)14-13-23-11-4-9-22-10-12-23/h1-3,5-8,22H,4,9-14H2. The van der Waals surface area contributed by atoms with E-state index in [1.54, 1.807) is 24.3 Å². The Kier molecular flexibility index (Phi) is 5.22. The van der Waals surface area contributed by atoms with Gasteiger partial charge in [0.1, 0.15) is 5.69 Å². The lowest BCUT2D eigenvalue weighted by Crippen LogP contribution is -2.41. The number of nitrogens with one attached hydrogen (secondary N) is 1. The second kappa shape index (κ2) is 7.65. The van der Waals surface area contributed by atoms with Crippen molar-refractivity contribution in [2.45, 2.75) is 6.42 Å². The molecule has 1 fully saturated rings. The molecule has 0 spiro atoms. The molecule has 2 aliphatic heterocycles. The molecule has 0 aromatic heterocycles. The molecule has 6 nitrogen and oxygen atoms in total. The number of halogens is 2. The number of anilines is 3. The van der Waals surface area contributed by atoms with Crippen LogP contribution in [0, 0.1) is 11.6 Å². The number of fused-ring (bicyclic) bond motifs is 1. The summed E-state index contributed by atoms with van der Waals surface area (Å²) >= 11 is 0. The number of nitrogens with zero attached hydrogens (tertiary/aromatic N) is 3. The molecule has 2 aromatic rings. The SMILES string of the molecule is O=S1(=O)N(CCN2CCCNCC2)c2ccccc2N1c1c(F)cccc1F. The minimum absolute atomic E-state index is 0.214. The van der Waals surface area contributed by atoms with Crippen LogP contribution >= 0.6 is 0 Å². The lowest BCUT2D eigenvalue weighted by atomic mass is 10.2. The van der Waals surface area contributed by atoms with E-state index < -0.39 is 27.5 Å². The van der Waals surface area contributed by atoms with Crippen LogP contribution in [0.3, 0.4) is 0 Å². The maximum atomic E-state index is 14.4. The van der Waals surface area contributed by atoms with Crippen molar-refractivity contribution < 1.29 is 17.2 Å². The number of hydrogen-bond donors (Lipinski definition) is 1. The fourth-order valence-corrected chi connectivity index (χ4v) is 5.43. The molecule has 0 aliphatic carbocycles. The van der Waals surface area contributed by atoms with Crippen LogP contribution in [0.5, 0.6) is 0 Å². The summed E-state index contributed by atoms with van der Waals surface area (Å²) < 4.78 is 57.4. The topological polar surface area (TPSA) is 55.9 Å². The third-order valence-corrected chi connectivity index (χ3v) is 6.85. The van der Waals surface area contributed by atoms with Crippen molar-refractivity contribution in [3.05, 3.63) is 54.1 Å². The summed E-state index contributed by atoms with van der Waals surface area (Å²) in [5.74, 6) is -1.84. The third kappa shape index (κ3) is 3.34. The van der Waals surface area contributed by atoms with Gasteiger partial charge in [-0.3, -0.25) is 0 Å². The van der Waals surface area contributed by atoms with Crippen LogP contribution in [0.25, 0.3) is 0 Å². The lowest BCUT2D eigenvalue weighted by molar-refractivity contribution is 0.301. The maximum absolute atomic E-state index is 14.4. The Bertz CT molecular complexity index is 942. The highest BCUT2D eigenvalue weighted by atomic mass is 32.2. The van der Waals surface area contributed by atoms with E-state index in [4.69, 9.17) is 0 Å². The Balaban J connectivity index is 1.69. The quantitative estimate of drug-likeness (QED) is 0.845. The number of para-hydroxylation sites is 3. The highest BCUT2D eigenvalue weighted by Gasteiger charge is 2.43. The Morgan fingerprint density at radius 3 is 2.36 bits per heavy atom. The van der Waals surface area contributed by atoms with E-state index in [9.17, 15) is 17.2 Å². The molecule has 2 aliphatic rings. The first-order chi connectivity index (χ1) is 13.5. The predicted octanol–water partition coefficient (Wildman–Crippen LogP) is 2.46. The summed E-state index contributed by atoms with van der Waals surface area (Å²) in [6, 6.07) is 9.94. The van der Waals surface area contributed by atoms with Crippen molar-refractivity contribution >= 4 is 27.3 Å². The van der Waals surface area contributed by atoms with Crippen molar-refractivity contribution in [1.82, 2.24) is 10.2 Å². The van der Waals surface area contributed by atoms with Gasteiger partial charge in [-0.1, -0.05) is 18.2 Å². The van der Waals surface area contributed by atoms with E-state index in [1.165, 1.54) is 10.4 Å². The molecule has 9 heteroatoms. The van der Waals surface area contributed by atoms with Gasteiger partial charge in [0.05, 0.1) is 11.4 Å². The highest BCUT2D eigenvalue weighted by molar-refractivity contribution is 7.95. The van der Waals surface area contributed by atoms with Crippen molar-refractivity contribution in [2.24, 2.45) is 0 Å². The molecule has 1 N–H and O–H groups in total. The molecular formula is C19H22F2N4O2S. The van der Waals surface area contributed by atoms with Gasteiger partial charge in [0.15, 0.2) is 11.6 Å². The molecule has 0 saturated carbocycles. The van der Waals surface area contributed by atoms with Crippen molar-refractivity contribution in [2.75, 3.05) is 47.9 Å². The van der Waals surface area contributed by atoms with E-state index in [0.29, 0.717) is 12.2 Å².